The maximum absolute atomic E-state index is 12.9. The van der Waals surface area contributed by atoms with Crippen LogP contribution in [-0.2, 0) is 16.5 Å². The maximum Gasteiger partial charge on any atom is 0.410 e. The minimum Gasteiger partial charge on any atom is -0.443 e. The zero-order valence-electron chi connectivity index (χ0n) is 19.6. The number of aromatic nitrogens is 1. The summed E-state index contributed by atoms with van der Waals surface area (Å²) in [6, 6.07) is 11.3. The van der Waals surface area contributed by atoms with Crippen LogP contribution in [0.3, 0.4) is 0 Å². The molecule has 32 heavy (non-hydrogen) atoms. The van der Waals surface area contributed by atoms with Gasteiger partial charge in [0.1, 0.15) is 5.60 Å². The third kappa shape index (κ3) is 5.22. The quantitative estimate of drug-likeness (QED) is 0.671. The summed E-state index contributed by atoms with van der Waals surface area (Å²) in [6.45, 7) is 6.40. The first-order valence-electron chi connectivity index (χ1n) is 11.1. The van der Waals surface area contributed by atoms with Crippen LogP contribution in [0.1, 0.15) is 51.6 Å². The Labute approximate surface area is 189 Å². The molecule has 1 amide bonds. The van der Waals surface area contributed by atoms with Gasteiger partial charge in [-0.3, -0.25) is 4.79 Å². The van der Waals surface area contributed by atoms with Gasteiger partial charge in [-0.15, -0.1) is 0 Å². The van der Waals surface area contributed by atoms with Crippen molar-refractivity contribution in [2.45, 2.75) is 57.3 Å². The van der Waals surface area contributed by atoms with Crippen LogP contribution in [-0.4, -0.2) is 52.1 Å². The van der Waals surface area contributed by atoms with Crippen molar-refractivity contribution in [1.29, 1.82) is 0 Å². The van der Waals surface area contributed by atoms with Gasteiger partial charge < -0.3 is 24.0 Å². The van der Waals surface area contributed by atoms with Gasteiger partial charge in [0, 0.05) is 45.8 Å². The van der Waals surface area contributed by atoms with Crippen LogP contribution >= 0.6 is 0 Å². The van der Waals surface area contributed by atoms with Gasteiger partial charge in [-0.2, -0.15) is 0 Å². The molecule has 0 spiro atoms. The molecule has 3 rings (SSSR count). The number of nitrogens with zero attached hydrogens (tertiary/aromatic N) is 2. The average molecular weight is 443 g/mol. The van der Waals surface area contributed by atoms with Crippen LogP contribution in [0.25, 0.3) is 11.1 Å². The number of amides is 1. The summed E-state index contributed by atoms with van der Waals surface area (Å²) < 4.78 is 12.6. The van der Waals surface area contributed by atoms with E-state index in [0.29, 0.717) is 25.8 Å². The topological polar surface area (TPSA) is 81.0 Å². The van der Waals surface area contributed by atoms with E-state index in [9.17, 15) is 14.7 Å². The molecule has 7 heteroatoms. The van der Waals surface area contributed by atoms with Gasteiger partial charge in [-0.25, -0.2) is 4.79 Å². The zero-order chi connectivity index (χ0) is 23.5. The molecule has 1 aliphatic rings. The van der Waals surface area contributed by atoms with E-state index in [-0.39, 0.29) is 24.3 Å². The molecule has 1 aromatic heterocycles. The second kappa shape index (κ2) is 9.46. The fraction of sp³-hybridized carbons (Fsp3) is 0.520. The molecule has 1 saturated heterocycles. The Kier molecular flexibility index (Phi) is 7.10. The Bertz CT molecular complexity index is 998. The number of cyclic esters (lactones) is 1. The Morgan fingerprint density at radius 2 is 1.91 bits per heavy atom. The molecule has 1 aromatic carbocycles. The lowest BCUT2D eigenvalue weighted by molar-refractivity contribution is -0.118. The molecular formula is C25H34N2O5. The van der Waals surface area contributed by atoms with Crippen LogP contribution in [0.4, 0.5) is 4.79 Å². The van der Waals surface area contributed by atoms with Crippen LogP contribution in [0, 0.1) is 0 Å². The van der Waals surface area contributed by atoms with Gasteiger partial charge in [0.2, 0.25) is 0 Å². The number of hydrogen-bond donors (Lipinski definition) is 1. The lowest BCUT2D eigenvalue weighted by Crippen LogP contribution is -2.53. The number of benzene rings is 1. The Hall–Kier alpha value is -2.64. The van der Waals surface area contributed by atoms with E-state index in [4.69, 9.17) is 9.47 Å². The number of aliphatic hydroxyl groups is 1. The molecule has 0 saturated carbocycles. The summed E-state index contributed by atoms with van der Waals surface area (Å²) in [5, 5.41) is 10.6. The molecule has 0 bridgehead atoms. The normalized spacial score (nSPS) is 21.7. The van der Waals surface area contributed by atoms with Crippen molar-refractivity contribution in [2.24, 2.45) is 7.05 Å². The summed E-state index contributed by atoms with van der Waals surface area (Å²) in [7, 11) is 3.27. The van der Waals surface area contributed by atoms with Crippen molar-refractivity contribution < 1.29 is 19.4 Å². The molecule has 3 unspecified atom stereocenters. The van der Waals surface area contributed by atoms with Crippen LogP contribution in [0.2, 0.25) is 0 Å². The van der Waals surface area contributed by atoms with Gasteiger partial charge in [0.25, 0.3) is 5.56 Å². The predicted molar refractivity (Wildman–Crippen MR) is 123 cm³/mol. The number of carbonyl (C=O) groups is 1. The molecule has 2 heterocycles. The second-order valence-electron chi connectivity index (χ2n) is 9.12. The van der Waals surface area contributed by atoms with Gasteiger partial charge in [-0.1, -0.05) is 31.2 Å². The van der Waals surface area contributed by atoms with E-state index >= 15 is 0 Å². The number of methoxy groups -OCH3 is 1. The SMILES string of the molecule is CCC1(CC(C)(O)COC)CCN(C(C)c2ccc(-c3ccn(C)c(=O)c3)cc2)C(=O)O1. The van der Waals surface area contributed by atoms with E-state index in [0.717, 1.165) is 16.7 Å². The van der Waals surface area contributed by atoms with Crippen molar-refractivity contribution in [3.63, 3.8) is 0 Å². The van der Waals surface area contributed by atoms with Crippen LogP contribution in [0.5, 0.6) is 0 Å². The molecular weight excluding hydrogens is 408 g/mol. The van der Waals surface area contributed by atoms with Crippen LogP contribution in [0.15, 0.2) is 47.4 Å². The summed E-state index contributed by atoms with van der Waals surface area (Å²) in [4.78, 5) is 26.6. The first-order chi connectivity index (χ1) is 15.1. The third-order valence-corrected chi connectivity index (χ3v) is 6.45. The van der Waals surface area contributed by atoms with Gasteiger partial charge in [0.15, 0.2) is 0 Å². The van der Waals surface area contributed by atoms with Gasteiger partial charge in [-0.05, 0) is 43.0 Å². The fourth-order valence-electron chi connectivity index (χ4n) is 4.48. The highest BCUT2D eigenvalue weighted by Gasteiger charge is 2.45. The van der Waals surface area contributed by atoms with E-state index < -0.39 is 11.2 Å². The molecule has 0 radical (unpaired) electrons. The van der Waals surface area contributed by atoms with E-state index in [1.807, 2.05) is 44.2 Å². The number of hydrogen-bond acceptors (Lipinski definition) is 5. The largest absolute Gasteiger partial charge is 0.443 e. The Balaban J connectivity index is 1.72. The monoisotopic (exact) mass is 442 g/mol. The summed E-state index contributed by atoms with van der Waals surface area (Å²) >= 11 is 0. The molecule has 3 atom stereocenters. The van der Waals surface area contributed by atoms with Crippen molar-refractivity contribution >= 4 is 6.09 Å². The molecule has 1 fully saturated rings. The number of carbonyl (C=O) groups excluding carboxylic acids is 1. The Morgan fingerprint density at radius 3 is 2.47 bits per heavy atom. The molecule has 7 nitrogen and oxygen atoms in total. The number of rotatable bonds is 8. The predicted octanol–water partition coefficient (Wildman–Crippen LogP) is 3.89. The van der Waals surface area contributed by atoms with E-state index in [1.54, 1.807) is 38.2 Å². The standard InChI is InChI=1S/C25H34N2O5/c1-6-25(16-24(3,30)17-31-5)12-14-27(23(29)32-25)18(2)19-7-9-20(10-8-19)21-11-13-26(4)22(28)15-21/h7-11,13,15,18,30H,6,12,14,16-17H2,1-5H3. The van der Waals surface area contributed by atoms with E-state index in [2.05, 4.69) is 0 Å². The highest BCUT2D eigenvalue weighted by molar-refractivity contribution is 5.70. The smallest absolute Gasteiger partial charge is 0.410 e. The van der Waals surface area contributed by atoms with Crippen molar-refractivity contribution in [1.82, 2.24) is 9.47 Å². The molecule has 0 aliphatic carbocycles. The maximum atomic E-state index is 12.9. The molecule has 1 aliphatic heterocycles. The summed E-state index contributed by atoms with van der Waals surface area (Å²) in [5.74, 6) is 0. The molecule has 174 valence electrons. The molecule has 1 N–H and O–H groups in total. The molecule has 2 aromatic rings. The summed E-state index contributed by atoms with van der Waals surface area (Å²) in [6.07, 6.45) is 3.00. The third-order valence-electron chi connectivity index (χ3n) is 6.45. The van der Waals surface area contributed by atoms with Crippen molar-refractivity contribution in [3.05, 3.63) is 58.5 Å². The minimum atomic E-state index is -1.06. The minimum absolute atomic E-state index is 0.0557. The Morgan fingerprint density at radius 1 is 1.22 bits per heavy atom. The fourth-order valence-corrected chi connectivity index (χ4v) is 4.48. The highest BCUT2D eigenvalue weighted by atomic mass is 16.6. The second-order valence-corrected chi connectivity index (χ2v) is 9.12. The van der Waals surface area contributed by atoms with Crippen LogP contribution < -0.4 is 5.56 Å². The van der Waals surface area contributed by atoms with E-state index in [1.165, 1.54) is 4.57 Å². The number of ether oxygens (including phenoxy) is 2. The van der Waals surface area contributed by atoms with Crippen molar-refractivity contribution in [2.75, 3.05) is 20.3 Å². The van der Waals surface area contributed by atoms with Gasteiger partial charge >= 0.3 is 6.09 Å². The first kappa shape index (κ1) is 24.0. The first-order valence-corrected chi connectivity index (χ1v) is 11.1. The van der Waals surface area contributed by atoms with Gasteiger partial charge in [0.05, 0.1) is 18.2 Å². The number of aryl methyl sites for hydroxylation is 1. The zero-order valence-corrected chi connectivity index (χ0v) is 19.6. The average Bonchev–Trinajstić information content (AvgIpc) is 2.75. The van der Waals surface area contributed by atoms with Crippen molar-refractivity contribution in [3.8, 4) is 11.1 Å². The number of pyridine rings is 1. The lowest BCUT2D eigenvalue weighted by Gasteiger charge is -2.45. The highest BCUT2D eigenvalue weighted by Crippen LogP contribution is 2.37. The summed E-state index contributed by atoms with van der Waals surface area (Å²) in [5.41, 5.74) is 0.988. The lowest BCUT2D eigenvalue weighted by atomic mass is 9.83.